The van der Waals surface area contributed by atoms with E-state index in [1.54, 1.807) is 29.5 Å². The number of amides is 1. The molecule has 1 aliphatic rings. The molecule has 6 heteroatoms. The van der Waals surface area contributed by atoms with Gasteiger partial charge in [0.15, 0.2) is 0 Å². The van der Waals surface area contributed by atoms with Crippen molar-refractivity contribution in [3.8, 4) is 11.6 Å². The summed E-state index contributed by atoms with van der Waals surface area (Å²) >= 11 is 1.71. The molecule has 2 heterocycles. The summed E-state index contributed by atoms with van der Waals surface area (Å²) in [5, 5.41) is 0.978. The van der Waals surface area contributed by atoms with Gasteiger partial charge in [-0.2, -0.15) is 0 Å². The van der Waals surface area contributed by atoms with Crippen molar-refractivity contribution in [3.63, 3.8) is 0 Å². The maximum Gasteiger partial charge on any atom is 0.252 e. The SMILES string of the molecule is NC(=O)c1ccccc1Oc1ncnc2sc3c(c12)CCCC3. The second-order valence-electron chi connectivity index (χ2n) is 5.53. The lowest BCUT2D eigenvalue weighted by atomic mass is 9.97. The summed E-state index contributed by atoms with van der Waals surface area (Å²) in [6.07, 6.45) is 6.01. The van der Waals surface area contributed by atoms with Gasteiger partial charge >= 0.3 is 0 Å². The fourth-order valence-electron chi connectivity index (χ4n) is 3.00. The average Bonchev–Trinajstić information content (AvgIpc) is 2.94. The molecule has 0 unspecified atom stereocenters. The third kappa shape index (κ3) is 2.45. The quantitative estimate of drug-likeness (QED) is 0.800. The Labute approximate surface area is 137 Å². The lowest BCUT2D eigenvalue weighted by Crippen LogP contribution is -2.12. The maximum absolute atomic E-state index is 11.6. The molecule has 0 saturated heterocycles. The number of hydrogen-bond donors (Lipinski definition) is 1. The molecule has 23 heavy (non-hydrogen) atoms. The third-order valence-electron chi connectivity index (χ3n) is 4.08. The molecule has 0 bridgehead atoms. The molecule has 0 fully saturated rings. The van der Waals surface area contributed by atoms with Crippen molar-refractivity contribution < 1.29 is 9.53 Å². The van der Waals surface area contributed by atoms with Gasteiger partial charge in [0.2, 0.25) is 5.88 Å². The number of aryl methyl sites for hydroxylation is 2. The van der Waals surface area contributed by atoms with Crippen molar-refractivity contribution in [1.82, 2.24) is 9.97 Å². The predicted molar refractivity (Wildman–Crippen MR) is 89.1 cm³/mol. The van der Waals surface area contributed by atoms with Crippen LogP contribution in [0, 0.1) is 0 Å². The summed E-state index contributed by atoms with van der Waals surface area (Å²) in [5.41, 5.74) is 7.07. The van der Waals surface area contributed by atoms with Gasteiger partial charge in [0.1, 0.15) is 16.9 Å². The van der Waals surface area contributed by atoms with Crippen LogP contribution in [0.25, 0.3) is 10.2 Å². The lowest BCUT2D eigenvalue weighted by Gasteiger charge is -2.12. The molecule has 5 nitrogen and oxygen atoms in total. The summed E-state index contributed by atoms with van der Waals surface area (Å²) in [7, 11) is 0. The van der Waals surface area contributed by atoms with Gasteiger partial charge in [-0.25, -0.2) is 9.97 Å². The first-order valence-corrected chi connectivity index (χ1v) is 8.37. The molecule has 116 valence electrons. The molecule has 1 aliphatic carbocycles. The number of nitrogens with two attached hydrogens (primary N) is 1. The summed E-state index contributed by atoms with van der Waals surface area (Å²) in [4.78, 5) is 22.6. The van der Waals surface area contributed by atoms with Crippen molar-refractivity contribution in [3.05, 3.63) is 46.6 Å². The van der Waals surface area contributed by atoms with Gasteiger partial charge in [-0.1, -0.05) is 12.1 Å². The number of rotatable bonds is 3. The number of primary amides is 1. The zero-order valence-corrected chi connectivity index (χ0v) is 13.2. The lowest BCUT2D eigenvalue weighted by molar-refractivity contribution is 0.0998. The topological polar surface area (TPSA) is 78.1 Å². The Morgan fingerprint density at radius 1 is 1.17 bits per heavy atom. The molecule has 2 N–H and O–H groups in total. The van der Waals surface area contributed by atoms with E-state index in [2.05, 4.69) is 9.97 Å². The zero-order valence-electron chi connectivity index (χ0n) is 12.4. The van der Waals surface area contributed by atoms with Crippen LogP contribution in [0.5, 0.6) is 11.6 Å². The number of benzene rings is 1. The minimum Gasteiger partial charge on any atom is -0.437 e. The summed E-state index contributed by atoms with van der Waals surface area (Å²) in [6, 6.07) is 6.95. The highest BCUT2D eigenvalue weighted by atomic mass is 32.1. The van der Waals surface area contributed by atoms with Crippen LogP contribution in [0.4, 0.5) is 0 Å². The summed E-state index contributed by atoms with van der Waals surface area (Å²) in [6.45, 7) is 0. The van der Waals surface area contributed by atoms with Gasteiger partial charge in [-0.3, -0.25) is 4.79 Å². The van der Waals surface area contributed by atoms with Crippen molar-refractivity contribution in [2.45, 2.75) is 25.7 Å². The number of aromatic nitrogens is 2. The summed E-state index contributed by atoms with van der Waals surface area (Å²) < 4.78 is 5.96. The van der Waals surface area contributed by atoms with Gasteiger partial charge in [0, 0.05) is 4.88 Å². The number of nitrogens with zero attached hydrogens (tertiary/aromatic N) is 2. The van der Waals surface area contributed by atoms with Crippen LogP contribution in [-0.2, 0) is 12.8 Å². The van der Waals surface area contributed by atoms with Crippen LogP contribution in [0.3, 0.4) is 0 Å². The van der Waals surface area contributed by atoms with E-state index < -0.39 is 5.91 Å². The molecule has 0 atom stereocenters. The number of ether oxygens (including phenoxy) is 1. The highest BCUT2D eigenvalue weighted by molar-refractivity contribution is 7.18. The normalized spacial score (nSPS) is 13.7. The number of carbonyl (C=O) groups excluding carboxylic acids is 1. The average molecular weight is 325 g/mol. The minimum absolute atomic E-state index is 0.350. The second kappa shape index (κ2) is 5.62. The zero-order chi connectivity index (χ0) is 15.8. The van der Waals surface area contributed by atoms with Crippen LogP contribution >= 0.6 is 11.3 Å². The Bertz CT molecular complexity index is 904. The van der Waals surface area contributed by atoms with Crippen molar-refractivity contribution >= 4 is 27.5 Å². The Morgan fingerprint density at radius 2 is 2.00 bits per heavy atom. The predicted octanol–water partition coefficient (Wildman–Crippen LogP) is 3.46. The van der Waals surface area contributed by atoms with Crippen LogP contribution in [0.2, 0.25) is 0 Å². The maximum atomic E-state index is 11.6. The van der Waals surface area contributed by atoms with E-state index in [0.717, 1.165) is 23.1 Å². The largest absolute Gasteiger partial charge is 0.437 e. The minimum atomic E-state index is -0.516. The van der Waals surface area contributed by atoms with Crippen LogP contribution in [0.1, 0.15) is 33.6 Å². The molecule has 0 spiro atoms. The molecule has 1 amide bonds. The van der Waals surface area contributed by atoms with E-state index >= 15 is 0 Å². The van der Waals surface area contributed by atoms with E-state index in [0.29, 0.717) is 17.2 Å². The molecule has 0 radical (unpaired) electrons. The number of thiophene rings is 1. The highest BCUT2D eigenvalue weighted by Crippen LogP contribution is 2.40. The van der Waals surface area contributed by atoms with Gasteiger partial charge < -0.3 is 10.5 Å². The van der Waals surface area contributed by atoms with E-state index in [-0.39, 0.29) is 0 Å². The molecule has 0 saturated carbocycles. The number of hydrogen-bond acceptors (Lipinski definition) is 5. The Balaban J connectivity index is 1.84. The number of fused-ring (bicyclic) bond motifs is 3. The molecule has 3 aromatic rings. The fourth-order valence-corrected chi connectivity index (χ4v) is 4.22. The number of para-hydroxylation sites is 1. The van der Waals surface area contributed by atoms with Crippen LogP contribution in [-0.4, -0.2) is 15.9 Å². The fraction of sp³-hybridized carbons (Fsp3) is 0.235. The molecule has 4 rings (SSSR count). The van der Waals surface area contributed by atoms with Gasteiger partial charge in [0.25, 0.3) is 5.91 Å². The van der Waals surface area contributed by atoms with Crippen molar-refractivity contribution in [2.75, 3.05) is 0 Å². The van der Waals surface area contributed by atoms with E-state index in [1.165, 1.54) is 29.6 Å². The first-order chi connectivity index (χ1) is 11.2. The second-order valence-corrected chi connectivity index (χ2v) is 6.62. The monoisotopic (exact) mass is 325 g/mol. The van der Waals surface area contributed by atoms with E-state index in [9.17, 15) is 4.79 Å². The Kier molecular flexibility index (Phi) is 3.46. The van der Waals surface area contributed by atoms with Gasteiger partial charge in [-0.05, 0) is 43.4 Å². The molecular formula is C17H15N3O2S. The number of carbonyl (C=O) groups is 1. The molecule has 2 aromatic heterocycles. The first kappa shape index (κ1) is 14.1. The van der Waals surface area contributed by atoms with Crippen LogP contribution < -0.4 is 10.5 Å². The highest BCUT2D eigenvalue weighted by Gasteiger charge is 2.21. The molecule has 0 aliphatic heterocycles. The Morgan fingerprint density at radius 3 is 2.87 bits per heavy atom. The standard InChI is InChI=1S/C17H15N3O2S/c18-15(21)10-5-1-3-7-12(10)22-16-14-11-6-2-4-8-13(11)23-17(14)20-9-19-16/h1,3,5,7,9H,2,4,6,8H2,(H2,18,21). The van der Waals surface area contributed by atoms with E-state index in [1.807, 2.05) is 6.07 Å². The van der Waals surface area contributed by atoms with Crippen molar-refractivity contribution in [2.24, 2.45) is 5.73 Å². The molecular weight excluding hydrogens is 310 g/mol. The smallest absolute Gasteiger partial charge is 0.252 e. The Hall–Kier alpha value is -2.47. The molecule has 1 aromatic carbocycles. The van der Waals surface area contributed by atoms with Crippen molar-refractivity contribution in [1.29, 1.82) is 0 Å². The van der Waals surface area contributed by atoms with E-state index in [4.69, 9.17) is 10.5 Å². The van der Waals surface area contributed by atoms with Gasteiger partial charge in [-0.15, -0.1) is 11.3 Å². The van der Waals surface area contributed by atoms with Crippen LogP contribution in [0.15, 0.2) is 30.6 Å². The summed E-state index contributed by atoms with van der Waals surface area (Å²) in [5.74, 6) is 0.414. The first-order valence-electron chi connectivity index (χ1n) is 7.56. The third-order valence-corrected chi connectivity index (χ3v) is 5.28. The van der Waals surface area contributed by atoms with Gasteiger partial charge in [0.05, 0.1) is 10.9 Å².